The fourth-order valence-electron chi connectivity index (χ4n) is 12.2. The van der Waals surface area contributed by atoms with Gasteiger partial charge in [0.25, 0.3) is 0 Å². The Labute approximate surface area is 292 Å². The van der Waals surface area contributed by atoms with Crippen molar-refractivity contribution >= 4 is 23.2 Å². The number of rotatable bonds is 5. The third-order valence-corrected chi connectivity index (χ3v) is 14.6. The van der Waals surface area contributed by atoms with Gasteiger partial charge in [-0.1, -0.05) is 23.3 Å². The van der Waals surface area contributed by atoms with Gasteiger partial charge in [0, 0.05) is 71.6 Å². The number of nitrogens with zero attached hydrogens (tertiary/aromatic N) is 2. The molecule has 2 aromatic rings. The van der Waals surface area contributed by atoms with Crippen molar-refractivity contribution in [2.24, 2.45) is 23.7 Å². The SMILES string of the molecule is C/C=C1\CN2C(=O)[C@]3(c4cc(-c5cc([C@@]67C[C@H]8[C@H]9CO[C@@H]6C[C@H]9/C(=C/C)CN8C7=O)c(N)cc5OC)c(OC)cc4N)C[C@H]2[C@H]2CO[C@@H]3C[C@@H]12. The number of carbonyl (C=O) groups is 2. The summed E-state index contributed by atoms with van der Waals surface area (Å²) in [5, 5.41) is 0. The van der Waals surface area contributed by atoms with Gasteiger partial charge in [-0.2, -0.15) is 0 Å². The minimum absolute atomic E-state index is 0.0972. The molecule has 10 fully saturated rings. The third-order valence-electron chi connectivity index (χ3n) is 14.6. The number of nitrogens with two attached hydrogens (primary N) is 2. The molecule has 2 aliphatic carbocycles. The van der Waals surface area contributed by atoms with Crippen LogP contribution >= 0.6 is 0 Å². The van der Waals surface area contributed by atoms with Gasteiger partial charge in [0.05, 0.1) is 39.6 Å². The number of amides is 2. The average molecular weight is 679 g/mol. The van der Waals surface area contributed by atoms with Gasteiger partial charge in [-0.3, -0.25) is 9.59 Å². The molecule has 2 saturated carbocycles. The molecule has 2 amide bonds. The molecule has 0 spiro atoms. The first-order valence-electron chi connectivity index (χ1n) is 18.3. The highest BCUT2D eigenvalue weighted by Crippen LogP contribution is 2.62. The van der Waals surface area contributed by atoms with Gasteiger partial charge >= 0.3 is 0 Å². The number of fused-ring (bicyclic) bond motifs is 2. The number of nitrogen functional groups attached to an aromatic ring is 2. The average Bonchev–Trinajstić information content (AvgIpc) is 3.35. The maximum atomic E-state index is 14.7. The quantitative estimate of drug-likeness (QED) is 0.356. The van der Waals surface area contributed by atoms with Crippen LogP contribution in [-0.4, -0.2) is 86.4 Å². The lowest BCUT2D eigenvalue weighted by Gasteiger charge is -2.50. The summed E-state index contributed by atoms with van der Waals surface area (Å²) in [4.78, 5) is 33.6. The molecule has 0 radical (unpaired) electrons. The van der Waals surface area contributed by atoms with Crippen LogP contribution in [-0.2, 0) is 29.9 Å². The van der Waals surface area contributed by atoms with Crippen molar-refractivity contribution in [2.45, 2.75) is 74.7 Å². The third kappa shape index (κ3) is 3.52. The summed E-state index contributed by atoms with van der Waals surface area (Å²) in [7, 11) is 3.25. The van der Waals surface area contributed by atoms with Gasteiger partial charge in [0.15, 0.2) is 0 Å². The molecule has 8 heterocycles. The number of carbonyl (C=O) groups excluding carboxylic acids is 2. The highest BCUT2D eigenvalue weighted by Gasteiger charge is 2.69. The first kappa shape index (κ1) is 30.8. The molecule has 10 bridgehead atoms. The van der Waals surface area contributed by atoms with E-state index in [4.69, 9.17) is 30.4 Å². The van der Waals surface area contributed by atoms with E-state index in [0.717, 1.165) is 35.1 Å². The number of anilines is 2. The Balaban J connectivity index is 1.15. The van der Waals surface area contributed by atoms with Crippen molar-refractivity contribution in [3.05, 3.63) is 58.7 Å². The molecule has 12 rings (SSSR count). The summed E-state index contributed by atoms with van der Waals surface area (Å²) < 4.78 is 25.2. The first-order valence-corrected chi connectivity index (χ1v) is 18.3. The van der Waals surface area contributed by atoms with E-state index in [-0.39, 0.29) is 47.9 Å². The van der Waals surface area contributed by atoms with Crippen LogP contribution in [0.3, 0.4) is 0 Å². The second-order valence-electron chi connectivity index (χ2n) is 16.0. The number of ether oxygens (including phenoxy) is 4. The number of benzene rings is 2. The van der Waals surface area contributed by atoms with E-state index in [0.29, 0.717) is 73.9 Å². The molecule has 8 aliphatic heterocycles. The highest BCUT2D eigenvalue weighted by molar-refractivity contribution is 5.97. The van der Waals surface area contributed by atoms with Crippen molar-refractivity contribution in [2.75, 3.05) is 52.0 Å². The van der Waals surface area contributed by atoms with Crippen LogP contribution in [0, 0.1) is 23.7 Å². The summed E-state index contributed by atoms with van der Waals surface area (Å²) in [6.07, 6.45) is 6.79. The van der Waals surface area contributed by atoms with Crippen LogP contribution in [0.1, 0.15) is 50.7 Å². The van der Waals surface area contributed by atoms with Gasteiger partial charge in [-0.05, 0) is 74.6 Å². The zero-order valence-corrected chi connectivity index (χ0v) is 29.2. The van der Waals surface area contributed by atoms with E-state index in [1.54, 1.807) is 14.2 Å². The van der Waals surface area contributed by atoms with Gasteiger partial charge < -0.3 is 40.2 Å². The molecule has 10 nitrogen and oxygen atoms in total. The summed E-state index contributed by atoms with van der Waals surface area (Å²) in [6, 6.07) is 7.99. The topological polar surface area (TPSA) is 130 Å². The predicted octanol–water partition coefficient (Wildman–Crippen LogP) is 4.20. The first-order chi connectivity index (χ1) is 24.2. The molecule has 10 heteroatoms. The molecule has 10 atom stereocenters. The molecule has 2 aromatic carbocycles. The van der Waals surface area contributed by atoms with Crippen molar-refractivity contribution in [1.29, 1.82) is 0 Å². The molecule has 8 saturated heterocycles. The van der Waals surface area contributed by atoms with Crippen molar-refractivity contribution in [1.82, 2.24) is 9.80 Å². The van der Waals surface area contributed by atoms with E-state index in [2.05, 4.69) is 35.8 Å². The van der Waals surface area contributed by atoms with Crippen molar-refractivity contribution < 1.29 is 28.5 Å². The van der Waals surface area contributed by atoms with Crippen molar-refractivity contribution in [3.8, 4) is 22.6 Å². The molecule has 262 valence electrons. The van der Waals surface area contributed by atoms with Gasteiger partial charge in [-0.25, -0.2) is 0 Å². The molecular weight excluding hydrogens is 632 g/mol. The van der Waals surface area contributed by atoms with Crippen LogP contribution in [0.4, 0.5) is 11.4 Å². The standard InChI is InChI=1S/C40H46N4O6/c1-5-19-15-43-31-13-39(37(43)45,35-9-21(19)25(31)17-49-35)27-7-23(33(47-3)11-29(27)41)24-8-28(30(42)12-34(24)48-4)40-14-32-26-18-50-36(40)10-22(26)20(6-2)16-44(32)38(40)46/h5-8,11-12,21-22,25-26,31-32,35-36H,9-10,13-18,41-42H2,1-4H3/b19-5+,20-6+/t21-,22-,25-,26-,31-,32-,35+,36+,39-,40-/m0/s1. The Bertz CT molecular complexity index is 1800. The van der Waals surface area contributed by atoms with Crippen LogP contribution in [0.2, 0.25) is 0 Å². The summed E-state index contributed by atoms with van der Waals surface area (Å²) in [5.41, 5.74) is 18.8. The molecule has 50 heavy (non-hydrogen) atoms. The zero-order chi connectivity index (χ0) is 34.4. The van der Waals surface area contributed by atoms with Gasteiger partial charge in [-0.15, -0.1) is 0 Å². The van der Waals surface area contributed by atoms with Gasteiger partial charge in [0.2, 0.25) is 11.8 Å². The van der Waals surface area contributed by atoms with Crippen molar-refractivity contribution in [3.63, 3.8) is 0 Å². The largest absolute Gasteiger partial charge is 0.496 e. The van der Waals surface area contributed by atoms with Crippen LogP contribution < -0.4 is 20.9 Å². The Hall–Kier alpha value is -4.02. The second-order valence-corrected chi connectivity index (χ2v) is 16.0. The number of hydrogen-bond acceptors (Lipinski definition) is 8. The number of hydrogen-bond donors (Lipinski definition) is 2. The number of methoxy groups -OCH3 is 2. The molecule has 0 unspecified atom stereocenters. The Kier molecular flexibility index (Phi) is 6.33. The Morgan fingerprint density at radius 1 is 0.720 bits per heavy atom. The fraction of sp³-hybridized carbons (Fsp3) is 0.550. The predicted molar refractivity (Wildman–Crippen MR) is 188 cm³/mol. The van der Waals surface area contributed by atoms with E-state index >= 15 is 0 Å². The number of piperidine rings is 2. The Morgan fingerprint density at radius 2 is 1.14 bits per heavy atom. The van der Waals surface area contributed by atoms with E-state index in [1.807, 2.05) is 24.3 Å². The van der Waals surface area contributed by atoms with Crippen LogP contribution in [0.25, 0.3) is 11.1 Å². The van der Waals surface area contributed by atoms with E-state index in [1.165, 1.54) is 11.1 Å². The lowest BCUT2D eigenvalue weighted by molar-refractivity contribution is -0.155. The maximum Gasteiger partial charge on any atom is 0.236 e. The number of allylic oxidation sites excluding steroid dienone is 2. The lowest BCUT2D eigenvalue weighted by Crippen LogP contribution is -2.59. The fourth-order valence-corrected chi connectivity index (χ4v) is 12.2. The summed E-state index contributed by atoms with van der Waals surface area (Å²) >= 11 is 0. The highest BCUT2D eigenvalue weighted by atomic mass is 16.5. The zero-order valence-electron chi connectivity index (χ0n) is 29.2. The molecular formula is C40H46N4O6. The second kappa shape index (κ2) is 10.3. The van der Waals surface area contributed by atoms with Crippen LogP contribution in [0.5, 0.6) is 11.5 Å². The molecule has 10 aliphatic rings. The maximum absolute atomic E-state index is 14.7. The Morgan fingerprint density at radius 3 is 1.52 bits per heavy atom. The lowest BCUT2D eigenvalue weighted by atomic mass is 9.68. The smallest absolute Gasteiger partial charge is 0.236 e. The summed E-state index contributed by atoms with van der Waals surface area (Å²) in [5.74, 6) is 2.71. The minimum atomic E-state index is -0.902. The normalized spacial score (nSPS) is 40.4. The van der Waals surface area contributed by atoms with E-state index in [9.17, 15) is 9.59 Å². The monoisotopic (exact) mass is 678 g/mol. The van der Waals surface area contributed by atoms with E-state index < -0.39 is 10.8 Å². The summed E-state index contributed by atoms with van der Waals surface area (Å²) in [6.45, 7) is 6.80. The van der Waals surface area contributed by atoms with Gasteiger partial charge in [0.1, 0.15) is 22.3 Å². The minimum Gasteiger partial charge on any atom is -0.496 e. The molecule has 0 aromatic heterocycles. The molecule has 4 N–H and O–H groups in total. The van der Waals surface area contributed by atoms with Crippen LogP contribution in [0.15, 0.2) is 47.6 Å².